The molecule has 0 saturated heterocycles. The van der Waals surface area contributed by atoms with Gasteiger partial charge in [0, 0.05) is 10.0 Å². The Kier molecular flexibility index (Phi) is 3.64. The zero-order valence-corrected chi connectivity index (χ0v) is 11.4. The molecule has 0 atom stereocenters. The summed E-state index contributed by atoms with van der Waals surface area (Å²) in [5.41, 5.74) is -0.933. The van der Waals surface area contributed by atoms with E-state index < -0.39 is 22.7 Å². The van der Waals surface area contributed by atoms with Crippen LogP contribution in [0.15, 0.2) is 28.7 Å². The van der Waals surface area contributed by atoms with Crippen molar-refractivity contribution in [2.45, 2.75) is 6.18 Å². The van der Waals surface area contributed by atoms with Crippen molar-refractivity contribution in [3.8, 4) is 10.6 Å². The number of halogens is 4. The van der Waals surface area contributed by atoms with Crippen molar-refractivity contribution in [2.75, 3.05) is 0 Å². The smallest absolute Gasteiger partial charge is 0.435 e. The second-order valence-corrected chi connectivity index (χ2v) is 5.42. The Morgan fingerprint density at radius 3 is 2.53 bits per heavy atom. The van der Waals surface area contributed by atoms with Crippen LogP contribution in [0.1, 0.15) is 15.4 Å². The number of thiazole rings is 1. The normalized spacial score (nSPS) is 11.6. The monoisotopic (exact) mass is 351 g/mol. The summed E-state index contributed by atoms with van der Waals surface area (Å²) in [4.78, 5) is 13.4. The molecule has 0 unspecified atom stereocenters. The third kappa shape index (κ3) is 2.95. The molecule has 2 rings (SSSR count). The van der Waals surface area contributed by atoms with Gasteiger partial charge in [-0.1, -0.05) is 28.1 Å². The number of carboxylic acids is 1. The molecule has 8 heteroatoms. The lowest BCUT2D eigenvalue weighted by atomic mass is 10.2. The predicted octanol–water partition coefficient (Wildman–Crippen LogP) is 4.29. The second kappa shape index (κ2) is 4.93. The molecule has 1 heterocycles. The predicted molar refractivity (Wildman–Crippen MR) is 67.2 cm³/mol. The van der Waals surface area contributed by atoms with E-state index in [0.717, 1.165) is 0 Å². The molecule has 19 heavy (non-hydrogen) atoms. The van der Waals surface area contributed by atoms with Gasteiger partial charge in [-0.15, -0.1) is 11.3 Å². The first-order chi connectivity index (χ1) is 8.79. The number of benzene rings is 1. The Bertz CT molecular complexity index is 639. The van der Waals surface area contributed by atoms with Crippen molar-refractivity contribution in [1.29, 1.82) is 0 Å². The van der Waals surface area contributed by atoms with Crippen LogP contribution in [0, 0.1) is 0 Å². The highest BCUT2D eigenvalue weighted by Gasteiger charge is 2.39. The Morgan fingerprint density at radius 2 is 2.05 bits per heavy atom. The fourth-order valence-corrected chi connectivity index (χ4v) is 2.72. The van der Waals surface area contributed by atoms with Crippen molar-refractivity contribution in [1.82, 2.24) is 4.98 Å². The van der Waals surface area contributed by atoms with Gasteiger partial charge in [0.15, 0.2) is 5.69 Å². The number of nitrogens with zero attached hydrogens (tertiary/aromatic N) is 1. The molecule has 0 amide bonds. The van der Waals surface area contributed by atoms with E-state index in [9.17, 15) is 18.0 Å². The fraction of sp³-hybridized carbons (Fsp3) is 0.0909. The van der Waals surface area contributed by atoms with Crippen LogP contribution in [-0.4, -0.2) is 16.1 Å². The number of carboxylic acid groups (broad SMARTS) is 1. The van der Waals surface area contributed by atoms with Gasteiger partial charge in [0.2, 0.25) is 0 Å². The lowest BCUT2D eigenvalue weighted by Crippen LogP contribution is -2.11. The molecule has 2 aromatic rings. The van der Waals surface area contributed by atoms with Crippen molar-refractivity contribution in [3.63, 3.8) is 0 Å². The second-order valence-electron chi connectivity index (χ2n) is 3.51. The van der Waals surface area contributed by atoms with Crippen LogP contribution < -0.4 is 0 Å². The van der Waals surface area contributed by atoms with Gasteiger partial charge in [0.05, 0.1) is 0 Å². The van der Waals surface area contributed by atoms with Crippen LogP contribution >= 0.6 is 27.3 Å². The van der Waals surface area contributed by atoms with E-state index in [0.29, 0.717) is 21.4 Å². The Labute approximate surface area is 117 Å². The maximum Gasteiger partial charge on any atom is 0.435 e. The molecule has 0 spiro atoms. The molecule has 1 aromatic heterocycles. The van der Waals surface area contributed by atoms with Gasteiger partial charge in [-0.25, -0.2) is 9.78 Å². The van der Waals surface area contributed by atoms with Gasteiger partial charge in [0.25, 0.3) is 0 Å². The molecule has 0 aliphatic rings. The number of hydrogen-bond acceptors (Lipinski definition) is 3. The molecule has 3 nitrogen and oxygen atoms in total. The minimum absolute atomic E-state index is 0.0195. The zero-order valence-electron chi connectivity index (χ0n) is 9.03. The third-order valence-electron chi connectivity index (χ3n) is 2.16. The Morgan fingerprint density at radius 1 is 1.37 bits per heavy atom. The van der Waals surface area contributed by atoms with E-state index >= 15 is 0 Å². The first kappa shape index (κ1) is 14.0. The van der Waals surface area contributed by atoms with Crippen molar-refractivity contribution >= 4 is 33.2 Å². The zero-order chi connectivity index (χ0) is 14.2. The summed E-state index contributed by atoms with van der Waals surface area (Å²) >= 11 is 3.70. The molecule has 0 fully saturated rings. The largest absolute Gasteiger partial charge is 0.477 e. The molecule has 100 valence electrons. The van der Waals surface area contributed by atoms with Crippen LogP contribution in [0.2, 0.25) is 0 Å². The van der Waals surface area contributed by atoms with Crippen LogP contribution in [0.4, 0.5) is 13.2 Å². The highest BCUT2D eigenvalue weighted by atomic mass is 79.9. The Hall–Kier alpha value is -1.41. The van der Waals surface area contributed by atoms with Gasteiger partial charge in [-0.05, 0) is 12.1 Å². The van der Waals surface area contributed by atoms with Crippen molar-refractivity contribution in [3.05, 3.63) is 39.3 Å². The molecule has 0 aliphatic carbocycles. The molecular formula is C11H5BrF3NO2S. The molecule has 0 saturated carbocycles. The van der Waals surface area contributed by atoms with Crippen LogP contribution in [0.3, 0.4) is 0 Å². The maximum absolute atomic E-state index is 12.7. The summed E-state index contributed by atoms with van der Waals surface area (Å²) in [6.07, 6.45) is -4.78. The highest BCUT2D eigenvalue weighted by Crippen LogP contribution is 2.38. The van der Waals surface area contributed by atoms with Crippen molar-refractivity contribution < 1.29 is 23.1 Å². The van der Waals surface area contributed by atoms with Gasteiger partial charge < -0.3 is 5.11 Å². The molecule has 0 radical (unpaired) electrons. The van der Waals surface area contributed by atoms with Crippen LogP contribution in [0.5, 0.6) is 0 Å². The van der Waals surface area contributed by atoms with Gasteiger partial charge in [-0.2, -0.15) is 13.2 Å². The van der Waals surface area contributed by atoms with E-state index in [2.05, 4.69) is 20.9 Å². The average molecular weight is 352 g/mol. The summed E-state index contributed by atoms with van der Waals surface area (Å²) in [6, 6.07) is 6.48. The van der Waals surface area contributed by atoms with E-state index in [1.165, 1.54) is 0 Å². The topological polar surface area (TPSA) is 50.2 Å². The lowest BCUT2D eigenvalue weighted by molar-refractivity contribution is -0.141. The summed E-state index contributed by atoms with van der Waals surface area (Å²) in [5.74, 6) is -1.63. The molecule has 1 aromatic carbocycles. The standard InChI is InChI=1S/C11H5BrF3NO2S/c12-6-3-1-2-5(4-6)9-16-8(11(13,14)15)7(19-9)10(17)18/h1-4H,(H,17,18). The number of carbonyl (C=O) groups is 1. The summed E-state index contributed by atoms with van der Waals surface area (Å²) in [7, 11) is 0. The van der Waals surface area contributed by atoms with Gasteiger partial charge in [-0.3, -0.25) is 0 Å². The van der Waals surface area contributed by atoms with E-state index in [1.54, 1.807) is 24.3 Å². The van der Waals surface area contributed by atoms with E-state index in [1.807, 2.05) is 0 Å². The molecule has 0 aliphatic heterocycles. The summed E-state index contributed by atoms with van der Waals surface area (Å²) in [5, 5.41) is 8.82. The number of aromatic nitrogens is 1. The van der Waals surface area contributed by atoms with Crippen molar-refractivity contribution in [2.24, 2.45) is 0 Å². The first-order valence-electron chi connectivity index (χ1n) is 4.86. The highest BCUT2D eigenvalue weighted by molar-refractivity contribution is 9.10. The lowest BCUT2D eigenvalue weighted by Gasteiger charge is -2.02. The summed E-state index contributed by atoms with van der Waals surface area (Å²) in [6.45, 7) is 0. The quantitative estimate of drug-likeness (QED) is 0.877. The van der Waals surface area contributed by atoms with E-state index in [-0.39, 0.29) is 5.01 Å². The fourth-order valence-electron chi connectivity index (χ4n) is 1.40. The Balaban J connectivity index is 2.58. The van der Waals surface area contributed by atoms with Crippen LogP contribution in [-0.2, 0) is 6.18 Å². The van der Waals surface area contributed by atoms with Gasteiger partial charge >= 0.3 is 12.1 Å². The van der Waals surface area contributed by atoms with E-state index in [4.69, 9.17) is 5.11 Å². The number of rotatable bonds is 2. The minimum atomic E-state index is -4.78. The molecular weight excluding hydrogens is 347 g/mol. The minimum Gasteiger partial charge on any atom is -0.477 e. The first-order valence-corrected chi connectivity index (χ1v) is 6.47. The van der Waals surface area contributed by atoms with Crippen LogP contribution in [0.25, 0.3) is 10.6 Å². The third-order valence-corrected chi connectivity index (χ3v) is 3.75. The SMILES string of the molecule is O=C(O)c1sc(-c2cccc(Br)c2)nc1C(F)(F)F. The maximum atomic E-state index is 12.7. The molecule has 1 N–H and O–H groups in total. The summed E-state index contributed by atoms with van der Waals surface area (Å²) < 4.78 is 38.7. The number of aromatic carboxylic acids is 1. The number of hydrogen-bond donors (Lipinski definition) is 1. The van der Waals surface area contributed by atoms with Gasteiger partial charge in [0.1, 0.15) is 9.88 Å². The number of alkyl halides is 3. The average Bonchev–Trinajstić information content (AvgIpc) is 2.73. The molecule has 0 bridgehead atoms.